The average molecular weight is 271 g/mol. The average Bonchev–Trinajstić information content (AvgIpc) is 2.72. The van der Waals surface area contributed by atoms with E-state index in [4.69, 9.17) is 0 Å². The Balaban J connectivity index is 2.09. The highest BCUT2D eigenvalue weighted by Gasteiger charge is 2.08. The van der Waals surface area contributed by atoms with Gasteiger partial charge >= 0.3 is 0 Å². The maximum atomic E-state index is 12.4. The Morgan fingerprint density at radius 1 is 1.26 bits per heavy atom. The smallest absolute Gasteiger partial charge is 0.261 e. The molecule has 0 bridgehead atoms. The lowest BCUT2D eigenvalue weighted by molar-refractivity contribution is 0.752. The summed E-state index contributed by atoms with van der Waals surface area (Å²) < 4.78 is 1.64. The third-order valence-electron chi connectivity index (χ3n) is 3.05. The van der Waals surface area contributed by atoms with Crippen molar-refractivity contribution >= 4 is 22.2 Å². The van der Waals surface area contributed by atoms with E-state index in [1.165, 1.54) is 0 Å². The molecule has 2 aromatic heterocycles. The summed E-state index contributed by atoms with van der Waals surface area (Å²) in [6, 6.07) is 7.41. The van der Waals surface area contributed by atoms with Gasteiger partial charge in [-0.2, -0.15) is 0 Å². The highest BCUT2D eigenvalue weighted by Crippen LogP contribution is 2.18. The normalized spacial score (nSPS) is 11.1. The van der Waals surface area contributed by atoms with E-state index < -0.39 is 0 Å². The van der Waals surface area contributed by atoms with Crippen LogP contribution < -0.4 is 5.56 Å². The van der Waals surface area contributed by atoms with E-state index >= 15 is 0 Å². The summed E-state index contributed by atoms with van der Waals surface area (Å²) in [6.45, 7) is 4.48. The van der Waals surface area contributed by atoms with Crippen LogP contribution in [0.15, 0.2) is 35.4 Å². The number of thiazole rings is 1. The van der Waals surface area contributed by atoms with E-state index in [1.54, 1.807) is 22.2 Å². The highest BCUT2D eigenvalue weighted by atomic mass is 32.1. The summed E-state index contributed by atoms with van der Waals surface area (Å²) in [5.74, 6) is 0. The zero-order valence-electron chi connectivity index (χ0n) is 10.8. The van der Waals surface area contributed by atoms with E-state index in [1.807, 2.05) is 38.1 Å². The fourth-order valence-electron chi connectivity index (χ4n) is 2.09. The zero-order chi connectivity index (χ0) is 13.4. The first-order valence-corrected chi connectivity index (χ1v) is 6.84. The van der Waals surface area contributed by atoms with E-state index in [-0.39, 0.29) is 5.56 Å². The van der Waals surface area contributed by atoms with Crippen molar-refractivity contribution in [2.45, 2.75) is 20.4 Å². The number of benzene rings is 1. The largest absolute Gasteiger partial charge is 0.293 e. The molecule has 0 N–H and O–H groups in total. The van der Waals surface area contributed by atoms with Crippen molar-refractivity contribution < 1.29 is 0 Å². The van der Waals surface area contributed by atoms with Gasteiger partial charge in [0.05, 0.1) is 34.5 Å². The number of hydrogen-bond donors (Lipinski definition) is 0. The van der Waals surface area contributed by atoms with Gasteiger partial charge in [-0.15, -0.1) is 11.3 Å². The topological polar surface area (TPSA) is 47.8 Å². The van der Waals surface area contributed by atoms with E-state index in [2.05, 4.69) is 9.97 Å². The zero-order valence-corrected chi connectivity index (χ0v) is 11.6. The van der Waals surface area contributed by atoms with E-state index in [0.29, 0.717) is 11.9 Å². The third kappa shape index (κ3) is 2.17. The number of nitrogens with zero attached hydrogens (tertiary/aromatic N) is 3. The predicted octanol–water partition coefficient (Wildman–Crippen LogP) is 2.52. The summed E-state index contributed by atoms with van der Waals surface area (Å²) in [4.78, 5) is 22.2. The molecule has 0 amide bonds. The Morgan fingerprint density at radius 2 is 2.05 bits per heavy atom. The van der Waals surface area contributed by atoms with Gasteiger partial charge < -0.3 is 0 Å². The van der Waals surface area contributed by atoms with Crippen molar-refractivity contribution in [1.29, 1.82) is 0 Å². The van der Waals surface area contributed by atoms with Gasteiger partial charge in [0.15, 0.2) is 0 Å². The molecule has 0 aliphatic rings. The minimum Gasteiger partial charge on any atom is -0.293 e. The van der Waals surface area contributed by atoms with Gasteiger partial charge in [0.1, 0.15) is 0 Å². The van der Waals surface area contributed by atoms with Crippen LogP contribution in [0, 0.1) is 13.8 Å². The molecule has 0 saturated heterocycles. The van der Waals surface area contributed by atoms with Crippen molar-refractivity contribution in [3.63, 3.8) is 0 Å². The Morgan fingerprint density at radius 3 is 2.79 bits per heavy atom. The first kappa shape index (κ1) is 12.0. The van der Waals surface area contributed by atoms with Crippen molar-refractivity contribution in [3.05, 3.63) is 56.5 Å². The minimum absolute atomic E-state index is 0.00365. The van der Waals surface area contributed by atoms with Gasteiger partial charge in [-0.25, -0.2) is 9.97 Å². The van der Waals surface area contributed by atoms with Crippen LogP contribution >= 0.6 is 11.3 Å². The Hall–Kier alpha value is -2.01. The fraction of sp³-hybridized carbons (Fsp3) is 0.214. The highest BCUT2D eigenvalue weighted by molar-refractivity contribution is 7.11. The second kappa shape index (κ2) is 4.59. The molecule has 0 fully saturated rings. The molecule has 2 heterocycles. The van der Waals surface area contributed by atoms with Gasteiger partial charge in [0.25, 0.3) is 5.56 Å². The van der Waals surface area contributed by atoms with Crippen LogP contribution in [-0.4, -0.2) is 14.5 Å². The van der Waals surface area contributed by atoms with Crippen molar-refractivity contribution in [3.8, 4) is 0 Å². The molecule has 3 rings (SSSR count). The molecule has 5 heteroatoms. The van der Waals surface area contributed by atoms with E-state index in [0.717, 1.165) is 21.1 Å². The van der Waals surface area contributed by atoms with Crippen LogP contribution in [0.25, 0.3) is 10.9 Å². The lowest BCUT2D eigenvalue weighted by atomic mass is 10.2. The number of rotatable bonds is 2. The number of hydrogen-bond acceptors (Lipinski definition) is 4. The van der Waals surface area contributed by atoms with Crippen LogP contribution in [0.5, 0.6) is 0 Å². The second-order valence-corrected chi connectivity index (χ2v) is 5.72. The number of aromatic nitrogens is 3. The van der Waals surface area contributed by atoms with Gasteiger partial charge in [-0.3, -0.25) is 9.36 Å². The lowest BCUT2D eigenvalue weighted by Gasteiger charge is -2.05. The summed E-state index contributed by atoms with van der Waals surface area (Å²) in [7, 11) is 0. The Bertz CT molecular complexity index is 804. The standard InChI is InChI=1S/C14H13N3OS/c1-9-13(19-10(2)16-9)7-17-8-15-12-6-4-3-5-11(12)14(17)18/h3-6,8H,7H2,1-2H3. The van der Waals surface area contributed by atoms with Crippen molar-refractivity contribution in [2.75, 3.05) is 0 Å². The third-order valence-corrected chi connectivity index (χ3v) is 4.10. The molecule has 0 aliphatic carbocycles. The first-order chi connectivity index (χ1) is 9.15. The quantitative estimate of drug-likeness (QED) is 0.719. The molecule has 0 atom stereocenters. The summed E-state index contributed by atoms with van der Waals surface area (Å²) in [6.07, 6.45) is 1.61. The fourth-order valence-corrected chi connectivity index (χ4v) is 3.03. The molecular weight excluding hydrogens is 258 g/mol. The number of aryl methyl sites for hydroxylation is 2. The van der Waals surface area contributed by atoms with E-state index in [9.17, 15) is 4.79 Å². The van der Waals surface area contributed by atoms with Crippen LogP contribution in [-0.2, 0) is 6.54 Å². The number of para-hydroxylation sites is 1. The summed E-state index contributed by atoms with van der Waals surface area (Å²) in [5.41, 5.74) is 1.72. The molecule has 0 radical (unpaired) electrons. The van der Waals surface area contributed by atoms with Gasteiger partial charge in [0, 0.05) is 4.88 Å². The molecule has 0 saturated carbocycles. The molecule has 4 nitrogen and oxygen atoms in total. The van der Waals surface area contributed by atoms with Crippen molar-refractivity contribution in [2.24, 2.45) is 0 Å². The van der Waals surface area contributed by atoms with Crippen LogP contribution in [0.4, 0.5) is 0 Å². The van der Waals surface area contributed by atoms with Gasteiger partial charge in [-0.1, -0.05) is 12.1 Å². The number of fused-ring (bicyclic) bond motifs is 1. The molecule has 3 aromatic rings. The molecule has 0 spiro atoms. The second-order valence-electron chi connectivity index (χ2n) is 4.44. The first-order valence-electron chi connectivity index (χ1n) is 6.02. The van der Waals surface area contributed by atoms with Crippen LogP contribution in [0.3, 0.4) is 0 Å². The Labute approximate surface area is 114 Å². The molecule has 0 unspecified atom stereocenters. The Kier molecular flexibility index (Phi) is 2.91. The van der Waals surface area contributed by atoms with Crippen LogP contribution in [0.1, 0.15) is 15.6 Å². The van der Waals surface area contributed by atoms with Gasteiger partial charge in [-0.05, 0) is 26.0 Å². The summed E-state index contributed by atoms with van der Waals surface area (Å²) in [5, 5.41) is 1.68. The lowest BCUT2D eigenvalue weighted by Crippen LogP contribution is -2.21. The maximum absolute atomic E-state index is 12.4. The monoisotopic (exact) mass is 271 g/mol. The van der Waals surface area contributed by atoms with Gasteiger partial charge in [0.2, 0.25) is 0 Å². The van der Waals surface area contributed by atoms with Crippen LogP contribution in [0.2, 0.25) is 0 Å². The molecule has 19 heavy (non-hydrogen) atoms. The maximum Gasteiger partial charge on any atom is 0.261 e. The minimum atomic E-state index is -0.00365. The SMILES string of the molecule is Cc1nc(C)c(Cn2cnc3ccccc3c2=O)s1. The molecule has 0 aliphatic heterocycles. The molecule has 1 aromatic carbocycles. The molecule has 96 valence electrons. The molecular formula is C14H13N3OS. The summed E-state index contributed by atoms with van der Waals surface area (Å²) >= 11 is 1.62. The van der Waals surface area contributed by atoms with Crippen molar-refractivity contribution in [1.82, 2.24) is 14.5 Å². The predicted molar refractivity (Wildman–Crippen MR) is 76.7 cm³/mol.